The van der Waals surface area contributed by atoms with E-state index in [9.17, 15) is 8.42 Å². The fourth-order valence-corrected chi connectivity index (χ4v) is 5.28. The van der Waals surface area contributed by atoms with Gasteiger partial charge in [-0.1, -0.05) is 6.07 Å². The van der Waals surface area contributed by atoms with Gasteiger partial charge in [0, 0.05) is 17.3 Å². The molecule has 0 saturated carbocycles. The van der Waals surface area contributed by atoms with Gasteiger partial charge in [-0.2, -0.15) is 4.31 Å². The van der Waals surface area contributed by atoms with E-state index in [2.05, 4.69) is 0 Å². The topological polar surface area (TPSA) is 37.4 Å². The van der Waals surface area contributed by atoms with Crippen LogP contribution in [0.5, 0.6) is 0 Å². The second kappa shape index (κ2) is 6.37. The van der Waals surface area contributed by atoms with Crippen molar-refractivity contribution < 1.29 is 8.42 Å². The molecule has 1 unspecified atom stereocenters. The van der Waals surface area contributed by atoms with Crippen LogP contribution in [0.2, 0.25) is 0 Å². The van der Waals surface area contributed by atoms with Crippen molar-refractivity contribution in [1.82, 2.24) is 4.31 Å². The Kier molecular flexibility index (Phi) is 5.06. The zero-order chi connectivity index (χ0) is 13.0. The third kappa shape index (κ3) is 3.26. The van der Waals surface area contributed by atoms with Gasteiger partial charge in [0.1, 0.15) is 0 Å². The van der Waals surface area contributed by atoms with Crippen LogP contribution >= 0.6 is 22.9 Å². The van der Waals surface area contributed by atoms with Crippen molar-refractivity contribution >= 4 is 33.0 Å². The third-order valence-corrected chi connectivity index (χ3v) is 6.42. The lowest BCUT2D eigenvalue weighted by molar-refractivity contribution is 0.400. The molecule has 18 heavy (non-hydrogen) atoms. The third-order valence-electron chi connectivity index (χ3n) is 3.22. The smallest absolute Gasteiger partial charge is 0.212 e. The molecule has 1 atom stereocenters. The summed E-state index contributed by atoms with van der Waals surface area (Å²) < 4.78 is 26.3. The van der Waals surface area contributed by atoms with E-state index < -0.39 is 10.0 Å². The van der Waals surface area contributed by atoms with E-state index in [4.69, 9.17) is 11.6 Å². The van der Waals surface area contributed by atoms with Gasteiger partial charge in [0.25, 0.3) is 0 Å². The first-order valence-electron chi connectivity index (χ1n) is 6.24. The van der Waals surface area contributed by atoms with Gasteiger partial charge >= 0.3 is 0 Å². The number of unbranched alkanes of at least 4 members (excludes halogenated alkanes) is 1. The van der Waals surface area contributed by atoms with E-state index in [1.165, 1.54) is 0 Å². The first-order valence-corrected chi connectivity index (χ1v) is 9.26. The Bertz CT molecular complexity index is 458. The molecule has 0 aromatic carbocycles. The van der Waals surface area contributed by atoms with Crippen molar-refractivity contribution in [1.29, 1.82) is 0 Å². The Balaban J connectivity index is 2.07. The molecule has 0 N–H and O–H groups in total. The van der Waals surface area contributed by atoms with Crippen LogP contribution in [0.1, 0.15) is 36.6 Å². The molecule has 6 heteroatoms. The van der Waals surface area contributed by atoms with E-state index in [-0.39, 0.29) is 11.8 Å². The van der Waals surface area contributed by atoms with E-state index in [0.29, 0.717) is 18.8 Å². The number of rotatable bonds is 6. The highest BCUT2D eigenvalue weighted by Crippen LogP contribution is 2.36. The van der Waals surface area contributed by atoms with Crippen LogP contribution in [0.15, 0.2) is 17.5 Å². The summed E-state index contributed by atoms with van der Waals surface area (Å²) in [4.78, 5) is 1.16. The number of sulfonamides is 1. The van der Waals surface area contributed by atoms with Gasteiger partial charge in [-0.25, -0.2) is 8.42 Å². The van der Waals surface area contributed by atoms with Crippen molar-refractivity contribution in [2.45, 2.75) is 31.7 Å². The lowest BCUT2D eigenvalue weighted by atomic mass is 10.2. The van der Waals surface area contributed by atoms with E-state index in [1.54, 1.807) is 15.6 Å². The molecule has 0 bridgehead atoms. The predicted molar refractivity (Wildman–Crippen MR) is 76.7 cm³/mol. The summed E-state index contributed by atoms with van der Waals surface area (Å²) in [6.45, 7) is 0.659. The van der Waals surface area contributed by atoms with Gasteiger partial charge in [0.2, 0.25) is 10.0 Å². The molecule has 2 rings (SSSR count). The normalized spacial score (nSPS) is 21.5. The summed E-state index contributed by atoms with van der Waals surface area (Å²) in [5.74, 6) is 0.755. The molecule has 1 aliphatic rings. The molecule has 1 aliphatic heterocycles. The van der Waals surface area contributed by atoms with Crippen LogP contribution in [-0.2, 0) is 10.0 Å². The van der Waals surface area contributed by atoms with Crippen LogP contribution in [0, 0.1) is 0 Å². The quantitative estimate of drug-likeness (QED) is 0.597. The minimum absolute atomic E-state index is 0.0611. The average molecular weight is 308 g/mol. The summed E-state index contributed by atoms with van der Waals surface area (Å²) in [7, 11) is -3.13. The van der Waals surface area contributed by atoms with Crippen molar-refractivity contribution in [2.24, 2.45) is 0 Å². The van der Waals surface area contributed by atoms with Gasteiger partial charge in [-0.15, -0.1) is 22.9 Å². The standard InChI is InChI=1S/C12H18ClNO2S2/c13-7-1-2-10-18(15,16)14-8-3-5-11(14)12-6-4-9-17-12/h4,6,9,11H,1-3,5,7-8,10H2. The molecule has 0 amide bonds. The monoisotopic (exact) mass is 307 g/mol. The molecular formula is C12H18ClNO2S2. The molecule has 1 aromatic rings. The van der Waals surface area contributed by atoms with Crippen molar-refractivity contribution in [3.05, 3.63) is 22.4 Å². The van der Waals surface area contributed by atoms with Crippen LogP contribution in [0.4, 0.5) is 0 Å². The van der Waals surface area contributed by atoms with Crippen LogP contribution in [0.25, 0.3) is 0 Å². The molecule has 1 saturated heterocycles. The molecule has 0 aliphatic carbocycles. The molecule has 1 aromatic heterocycles. The SMILES string of the molecule is O=S(=O)(CCCCCl)N1CCCC1c1cccs1. The highest BCUT2D eigenvalue weighted by molar-refractivity contribution is 7.89. The van der Waals surface area contributed by atoms with Crippen LogP contribution in [0.3, 0.4) is 0 Å². The second-order valence-electron chi connectivity index (χ2n) is 4.50. The Morgan fingerprint density at radius 1 is 1.44 bits per heavy atom. The Hall–Kier alpha value is -0.100. The summed E-state index contributed by atoms with van der Waals surface area (Å²) in [6.07, 6.45) is 3.31. The number of hydrogen-bond donors (Lipinski definition) is 0. The van der Waals surface area contributed by atoms with Gasteiger partial charge < -0.3 is 0 Å². The van der Waals surface area contributed by atoms with E-state index >= 15 is 0 Å². The fourth-order valence-electron chi connectivity index (χ4n) is 2.33. The Morgan fingerprint density at radius 2 is 2.28 bits per heavy atom. The summed E-state index contributed by atoms with van der Waals surface area (Å²) >= 11 is 7.23. The Morgan fingerprint density at radius 3 is 2.94 bits per heavy atom. The number of hydrogen-bond acceptors (Lipinski definition) is 3. The minimum Gasteiger partial charge on any atom is -0.212 e. The van der Waals surface area contributed by atoms with E-state index in [1.807, 2.05) is 17.5 Å². The largest absolute Gasteiger partial charge is 0.214 e. The molecular weight excluding hydrogens is 290 g/mol. The van der Waals surface area contributed by atoms with Crippen molar-refractivity contribution in [3.63, 3.8) is 0 Å². The number of halogens is 1. The average Bonchev–Trinajstić information content (AvgIpc) is 3.00. The maximum Gasteiger partial charge on any atom is 0.214 e. The van der Waals surface area contributed by atoms with Gasteiger partial charge in [0.15, 0.2) is 0 Å². The molecule has 2 heterocycles. The van der Waals surface area contributed by atoms with Crippen LogP contribution < -0.4 is 0 Å². The minimum atomic E-state index is -3.13. The number of alkyl halides is 1. The maximum absolute atomic E-state index is 12.3. The molecule has 0 spiro atoms. The van der Waals surface area contributed by atoms with Gasteiger partial charge in [0.05, 0.1) is 11.8 Å². The molecule has 0 radical (unpaired) electrons. The van der Waals surface area contributed by atoms with Crippen molar-refractivity contribution in [2.75, 3.05) is 18.2 Å². The number of nitrogens with zero attached hydrogens (tertiary/aromatic N) is 1. The highest BCUT2D eigenvalue weighted by Gasteiger charge is 2.34. The zero-order valence-corrected chi connectivity index (χ0v) is 12.6. The predicted octanol–water partition coefficient (Wildman–Crippen LogP) is 3.23. The number of thiophene rings is 1. The first-order chi connectivity index (χ1) is 8.65. The highest BCUT2D eigenvalue weighted by atomic mass is 35.5. The van der Waals surface area contributed by atoms with Crippen molar-refractivity contribution in [3.8, 4) is 0 Å². The lowest BCUT2D eigenvalue weighted by Crippen LogP contribution is -2.32. The molecule has 102 valence electrons. The van der Waals surface area contributed by atoms with Gasteiger partial charge in [-0.05, 0) is 37.1 Å². The molecule has 1 fully saturated rings. The summed E-state index contributed by atoms with van der Waals surface area (Å²) in [6, 6.07) is 4.07. The van der Waals surface area contributed by atoms with Crippen LogP contribution in [-0.4, -0.2) is 30.9 Å². The fraction of sp³-hybridized carbons (Fsp3) is 0.667. The maximum atomic E-state index is 12.3. The lowest BCUT2D eigenvalue weighted by Gasteiger charge is -2.23. The Labute approximate surface area is 118 Å². The zero-order valence-electron chi connectivity index (χ0n) is 10.2. The summed E-state index contributed by atoms with van der Waals surface area (Å²) in [5, 5.41) is 2.01. The summed E-state index contributed by atoms with van der Waals surface area (Å²) in [5.41, 5.74) is 0. The van der Waals surface area contributed by atoms with E-state index in [0.717, 1.165) is 24.1 Å². The molecule has 3 nitrogen and oxygen atoms in total. The second-order valence-corrected chi connectivity index (χ2v) is 7.89. The van der Waals surface area contributed by atoms with Gasteiger partial charge in [-0.3, -0.25) is 0 Å². The first kappa shape index (κ1) is 14.3.